The molecule has 1 N–H and O–H groups in total. The van der Waals surface area contributed by atoms with Gasteiger partial charge in [0.1, 0.15) is 24.0 Å². The molecule has 0 radical (unpaired) electrons. The number of nitrogens with one attached hydrogen (secondary N) is 1. The van der Waals surface area contributed by atoms with Gasteiger partial charge in [-0.15, -0.1) is 0 Å². The molecule has 0 aliphatic carbocycles. The molecule has 0 amide bonds. The number of esters is 1. The van der Waals surface area contributed by atoms with Gasteiger partial charge in [-0.05, 0) is 62.9 Å². The molecule has 1 unspecified atom stereocenters. The zero-order chi connectivity index (χ0) is 42.7. The summed E-state index contributed by atoms with van der Waals surface area (Å²) in [5.74, 6) is -0.659. The zero-order valence-electron chi connectivity index (χ0n) is 35.8. The summed E-state index contributed by atoms with van der Waals surface area (Å²) >= 11 is 0. The Balaban J connectivity index is 1.41. The van der Waals surface area contributed by atoms with Crippen molar-refractivity contribution in [1.29, 1.82) is 0 Å². The Kier molecular flexibility index (Phi) is 13.9. The lowest BCUT2D eigenvalue weighted by molar-refractivity contribution is -0.248. The van der Waals surface area contributed by atoms with E-state index in [1.807, 2.05) is 102 Å². The van der Waals surface area contributed by atoms with E-state index in [1.54, 1.807) is 18.3 Å². The summed E-state index contributed by atoms with van der Waals surface area (Å²) in [6, 6.07) is 32.0. The standard InChI is InChI=1S/C45H59N2O10PSi2/c1-31(2)59(32(3)4)52-30-40-41(56-60(57-59,33(5)6)34(7)8)42(55-58(49,50-28-35-18-11-9-12-19-35)51-29-36-20-13-10-14-21-36)43(54-45(48)38-23-17-26-46-38)44(53-40)47-27-25-37-22-15-16-24-39(37)47/h9-27,31-34,40-44,46H,28-30H2,1-8H3/t40-,41?,42+,43-,44-/m1/s1. The number of hydrogen-bond acceptors (Lipinski definition) is 10. The molecule has 0 bridgehead atoms. The summed E-state index contributed by atoms with van der Waals surface area (Å²) < 4.78 is 72.8. The Morgan fingerprint density at radius 1 is 0.750 bits per heavy atom. The summed E-state index contributed by atoms with van der Waals surface area (Å²) in [6.07, 6.45) is -1.80. The van der Waals surface area contributed by atoms with Crippen LogP contribution in [-0.2, 0) is 53.8 Å². The monoisotopic (exact) mass is 874 g/mol. The van der Waals surface area contributed by atoms with Gasteiger partial charge in [0.05, 0.1) is 25.3 Å². The van der Waals surface area contributed by atoms with E-state index in [4.69, 9.17) is 36.0 Å². The van der Waals surface area contributed by atoms with Gasteiger partial charge in [-0.1, -0.05) is 134 Å². The van der Waals surface area contributed by atoms with Gasteiger partial charge in [0.2, 0.25) is 0 Å². The number of aromatic amines is 1. The lowest BCUT2D eigenvalue weighted by Gasteiger charge is -2.55. The molecule has 2 aliphatic heterocycles. The summed E-state index contributed by atoms with van der Waals surface area (Å²) in [6.45, 7) is 17.1. The van der Waals surface area contributed by atoms with E-state index in [1.165, 1.54) is 0 Å². The molecule has 2 fully saturated rings. The van der Waals surface area contributed by atoms with Crippen LogP contribution in [0.4, 0.5) is 0 Å². The Bertz CT molecular complexity index is 2140. The number of fused-ring (bicyclic) bond motifs is 2. The van der Waals surface area contributed by atoms with Gasteiger partial charge in [0.15, 0.2) is 12.3 Å². The Morgan fingerprint density at radius 2 is 1.33 bits per heavy atom. The van der Waals surface area contributed by atoms with Crippen LogP contribution in [0.25, 0.3) is 10.9 Å². The lowest BCUT2D eigenvalue weighted by atomic mass is 9.98. The van der Waals surface area contributed by atoms with Crippen LogP contribution in [0.5, 0.6) is 0 Å². The van der Waals surface area contributed by atoms with Gasteiger partial charge in [-0.3, -0.25) is 13.6 Å². The number of phosphoric acid groups is 1. The minimum absolute atomic E-state index is 0.0635. The van der Waals surface area contributed by atoms with Gasteiger partial charge < -0.3 is 32.0 Å². The fourth-order valence-electron chi connectivity index (χ4n) is 8.45. The van der Waals surface area contributed by atoms with Crippen LogP contribution in [0.2, 0.25) is 22.2 Å². The molecule has 2 saturated heterocycles. The van der Waals surface area contributed by atoms with Crippen molar-refractivity contribution >= 4 is 41.8 Å². The minimum atomic E-state index is -4.55. The summed E-state index contributed by atoms with van der Waals surface area (Å²) in [5, 5.41) is 0.953. The predicted molar refractivity (Wildman–Crippen MR) is 235 cm³/mol. The Hall–Kier alpha value is -3.67. The Labute approximate surface area is 355 Å². The molecular formula is C45H59N2O10PSi2. The first-order chi connectivity index (χ1) is 28.7. The maximum atomic E-state index is 15.5. The van der Waals surface area contributed by atoms with Gasteiger partial charge in [-0.25, -0.2) is 9.36 Å². The molecule has 2 aliphatic rings. The molecular weight excluding hydrogens is 816 g/mol. The van der Waals surface area contributed by atoms with E-state index in [0.29, 0.717) is 0 Å². The van der Waals surface area contributed by atoms with Gasteiger partial charge in [0, 0.05) is 12.4 Å². The van der Waals surface area contributed by atoms with Crippen molar-refractivity contribution < 1.29 is 45.4 Å². The van der Waals surface area contributed by atoms with Crippen molar-refractivity contribution in [2.45, 2.75) is 121 Å². The van der Waals surface area contributed by atoms with E-state index < -0.39 is 61.6 Å². The number of phosphoric ester groups is 1. The molecule has 322 valence electrons. The molecule has 15 heteroatoms. The summed E-state index contributed by atoms with van der Waals surface area (Å²) in [4.78, 5) is 17.1. The molecule has 12 nitrogen and oxygen atoms in total. The van der Waals surface area contributed by atoms with Crippen LogP contribution in [0.1, 0.15) is 83.2 Å². The minimum Gasteiger partial charge on any atom is -0.450 e. The van der Waals surface area contributed by atoms with Crippen molar-refractivity contribution in [1.82, 2.24) is 9.55 Å². The lowest BCUT2D eigenvalue weighted by Crippen LogP contribution is -2.70. The van der Waals surface area contributed by atoms with Crippen LogP contribution < -0.4 is 0 Å². The number of H-pyrrole nitrogens is 1. The number of rotatable bonds is 15. The fraction of sp³-hybridized carbons (Fsp3) is 0.444. The number of carbonyl (C=O) groups excluding carboxylic acids is 1. The predicted octanol–water partition coefficient (Wildman–Crippen LogP) is 11.0. The topological polar surface area (TPSA) is 129 Å². The summed E-state index contributed by atoms with van der Waals surface area (Å²) in [5.41, 5.74) is 2.61. The average Bonchev–Trinajstić information content (AvgIpc) is 3.93. The SMILES string of the molecule is CC(C)[Si]1(C(C)C)OC[C@H]2O[C@@H](n3ccc4ccccc43)[C@H](OC(=O)c3ccc[nH]3)[C@@H](OP(=O)(OCc3ccccc3)OCc3ccccc3)C2O[Si](C(C)C)(C(C)C)O1. The maximum absolute atomic E-state index is 15.5. The second-order valence-electron chi connectivity index (χ2n) is 16.9. The third-order valence-electron chi connectivity index (χ3n) is 11.6. The van der Waals surface area contributed by atoms with Crippen LogP contribution in [0.15, 0.2) is 116 Å². The number of benzene rings is 3. The third kappa shape index (κ3) is 9.24. The molecule has 0 saturated carbocycles. The second-order valence-corrected chi connectivity index (χ2v) is 27.4. The molecule has 60 heavy (non-hydrogen) atoms. The first-order valence-electron chi connectivity index (χ1n) is 21.0. The molecule has 4 heterocycles. The van der Waals surface area contributed by atoms with E-state index in [9.17, 15) is 4.79 Å². The highest BCUT2D eigenvalue weighted by molar-refractivity contribution is 7.48. The summed E-state index contributed by atoms with van der Waals surface area (Å²) in [7, 11) is -10.9. The van der Waals surface area contributed by atoms with E-state index >= 15 is 4.57 Å². The smallest absolute Gasteiger partial charge is 0.450 e. The van der Waals surface area contributed by atoms with E-state index in [2.05, 4.69) is 60.4 Å². The molecule has 2 aromatic heterocycles. The van der Waals surface area contributed by atoms with Crippen molar-refractivity contribution in [3.63, 3.8) is 0 Å². The van der Waals surface area contributed by atoms with Gasteiger partial charge >= 0.3 is 30.9 Å². The van der Waals surface area contributed by atoms with Gasteiger partial charge in [-0.2, -0.15) is 0 Å². The molecule has 0 spiro atoms. The van der Waals surface area contributed by atoms with Crippen LogP contribution >= 0.6 is 7.82 Å². The number of nitrogens with zero attached hydrogens (tertiary/aromatic N) is 1. The maximum Gasteiger partial charge on any atom is 0.475 e. The zero-order valence-corrected chi connectivity index (χ0v) is 38.7. The Morgan fingerprint density at radius 3 is 1.90 bits per heavy atom. The largest absolute Gasteiger partial charge is 0.475 e. The average molecular weight is 875 g/mol. The van der Waals surface area contributed by atoms with Crippen molar-refractivity contribution in [3.8, 4) is 0 Å². The highest BCUT2D eigenvalue weighted by atomic mass is 31.2. The highest BCUT2D eigenvalue weighted by Gasteiger charge is 2.63. The van der Waals surface area contributed by atoms with Gasteiger partial charge in [0.25, 0.3) is 0 Å². The molecule has 5 aromatic rings. The normalized spacial score (nSPS) is 23.2. The quantitative estimate of drug-likeness (QED) is 0.0616. The first-order valence-corrected chi connectivity index (χ1v) is 26.4. The molecule has 5 atom stereocenters. The highest BCUT2D eigenvalue weighted by Crippen LogP contribution is 2.56. The van der Waals surface area contributed by atoms with Crippen molar-refractivity contribution in [3.05, 3.63) is 132 Å². The third-order valence-corrected chi connectivity index (χ3v) is 23.3. The van der Waals surface area contributed by atoms with E-state index in [-0.39, 0.29) is 47.7 Å². The van der Waals surface area contributed by atoms with Crippen LogP contribution in [0, 0.1) is 0 Å². The number of carbonyl (C=O) groups is 1. The molecule has 7 rings (SSSR count). The van der Waals surface area contributed by atoms with E-state index in [0.717, 1.165) is 22.0 Å². The van der Waals surface area contributed by atoms with Crippen molar-refractivity contribution in [2.75, 3.05) is 6.61 Å². The number of para-hydroxylation sites is 1. The molecule has 3 aromatic carbocycles. The number of ether oxygens (including phenoxy) is 2. The van der Waals surface area contributed by atoms with Crippen molar-refractivity contribution in [2.24, 2.45) is 0 Å². The number of hydrogen-bond donors (Lipinski definition) is 1. The second kappa shape index (κ2) is 18.8. The van der Waals surface area contributed by atoms with Crippen LogP contribution in [0.3, 0.4) is 0 Å². The van der Waals surface area contributed by atoms with Crippen LogP contribution in [-0.4, -0.2) is 63.7 Å². The first kappa shape index (κ1) is 44.4. The fourth-order valence-corrected chi connectivity index (χ4v) is 21.0. The number of aromatic nitrogens is 2.